The number of halogens is 4. The zero-order valence-electron chi connectivity index (χ0n) is 17.5. The van der Waals surface area contributed by atoms with Crippen molar-refractivity contribution in [2.24, 2.45) is 0 Å². The number of anilines is 1. The van der Waals surface area contributed by atoms with Gasteiger partial charge in [-0.2, -0.15) is 0 Å². The van der Waals surface area contributed by atoms with Gasteiger partial charge >= 0.3 is 6.36 Å². The number of hydrogen-bond acceptors (Lipinski definition) is 5. The third-order valence-electron chi connectivity index (χ3n) is 4.94. The van der Waals surface area contributed by atoms with Gasteiger partial charge in [0.1, 0.15) is 15.6 Å². The number of alkyl halides is 3. The predicted molar refractivity (Wildman–Crippen MR) is 124 cm³/mol. The Kier molecular flexibility index (Phi) is 6.99. The summed E-state index contributed by atoms with van der Waals surface area (Å²) in [5, 5.41) is 5.36. The van der Waals surface area contributed by atoms with E-state index in [-0.39, 0.29) is 22.6 Å². The van der Waals surface area contributed by atoms with Gasteiger partial charge in [0.05, 0.1) is 22.4 Å². The Balaban J connectivity index is 1.82. The van der Waals surface area contributed by atoms with Crippen LogP contribution < -0.4 is 15.4 Å². The molecule has 2 aromatic rings. The van der Waals surface area contributed by atoms with E-state index < -0.39 is 39.3 Å². The van der Waals surface area contributed by atoms with E-state index in [1.165, 1.54) is 19.1 Å². The number of amides is 2. The molecule has 3 rings (SSSR count). The van der Waals surface area contributed by atoms with E-state index in [9.17, 15) is 31.2 Å². The first-order valence-electron chi connectivity index (χ1n) is 9.65. The maximum atomic E-state index is 13.0. The van der Waals surface area contributed by atoms with Crippen LogP contribution in [0, 0.1) is 10.5 Å². The molecule has 178 valence electrons. The van der Waals surface area contributed by atoms with Crippen molar-refractivity contribution in [2.45, 2.75) is 31.7 Å². The molecule has 2 N–H and O–H groups in total. The lowest BCUT2D eigenvalue weighted by molar-refractivity contribution is -0.274. The lowest BCUT2D eigenvalue weighted by Crippen LogP contribution is -2.42. The summed E-state index contributed by atoms with van der Waals surface area (Å²) in [6.07, 6.45) is -2.71. The highest BCUT2D eigenvalue weighted by Crippen LogP contribution is 2.37. The van der Waals surface area contributed by atoms with Crippen LogP contribution in [0.1, 0.15) is 39.1 Å². The van der Waals surface area contributed by atoms with E-state index in [2.05, 4.69) is 15.4 Å². The Bertz CT molecular complexity index is 1210. The van der Waals surface area contributed by atoms with E-state index in [0.29, 0.717) is 22.0 Å². The summed E-state index contributed by atoms with van der Waals surface area (Å²) in [6.45, 7) is 1.50. The number of carbonyl (C=O) groups is 2. The minimum Gasteiger partial charge on any atom is -0.406 e. The fourth-order valence-corrected chi connectivity index (χ4v) is 5.48. The van der Waals surface area contributed by atoms with E-state index >= 15 is 0 Å². The van der Waals surface area contributed by atoms with Gasteiger partial charge in [0.2, 0.25) is 0 Å². The number of benzene rings is 2. The number of rotatable bonds is 7. The summed E-state index contributed by atoms with van der Waals surface area (Å²) in [6, 6.07) is 8.14. The Morgan fingerprint density at radius 2 is 1.82 bits per heavy atom. The molecule has 0 spiro atoms. The molecule has 0 saturated heterocycles. The molecule has 2 amide bonds. The van der Waals surface area contributed by atoms with Gasteiger partial charge in [-0.1, -0.05) is 6.07 Å². The molecule has 7 nitrogen and oxygen atoms in total. The third-order valence-corrected chi connectivity index (χ3v) is 6.91. The van der Waals surface area contributed by atoms with Gasteiger partial charge in [-0.15, -0.1) is 13.2 Å². The van der Waals surface area contributed by atoms with Crippen molar-refractivity contribution in [2.75, 3.05) is 17.3 Å². The van der Waals surface area contributed by atoms with Gasteiger partial charge < -0.3 is 15.4 Å². The third kappa shape index (κ3) is 6.82. The molecule has 1 saturated carbocycles. The fraction of sp³-hybridized carbons (Fsp3) is 0.333. The van der Waals surface area contributed by atoms with Gasteiger partial charge in [0, 0.05) is 15.5 Å². The molecular formula is C21H20F3IN2O5S. The summed E-state index contributed by atoms with van der Waals surface area (Å²) in [4.78, 5) is 26.0. The van der Waals surface area contributed by atoms with Crippen molar-refractivity contribution < 1.29 is 35.9 Å². The molecule has 1 aliphatic rings. The predicted octanol–water partition coefficient (Wildman–Crippen LogP) is 4.06. The highest BCUT2D eigenvalue weighted by molar-refractivity contribution is 14.1. The second kappa shape index (κ2) is 9.12. The Hall–Kier alpha value is -2.35. The van der Waals surface area contributed by atoms with Crippen LogP contribution in [-0.2, 0) is 9.84 Å². The first kappa shape index (κ1) is 25.3. The first-order valence-corrected chi connectivity index (χ1v) is 12.8. The van der Waals surface area contributed by atoms with Crippen molar-refractivity contribution >= 4 is 49.9 Å². The van der Waals surface area contributed by atoms with Gasteiger partial charge in [-0.3, -0.25) is 9.59 Å². The second-order valence-electron chi connectivity index (χ2n) is 7.95. The lowest BCUT2D eigenvalue weighted by atomic mass is 10.0. The number of nitrogens with one attached hydrogen (secondary N) is 2. The molecule has 0 radical (unpaired) electrons. The summed E-state index contributed by atoms with van der Waals surface area (Å²) in [5.74, 6) is -1.83. The molecule has 0 heterocycles. The van der Waals surface area contributed by atoms with Crippen molar-refractivity contribution in [3.8, 4) is 5.75 Å². The van der Waals surface area contributed by atoms with E-state index in [4.69, 9.17) is 0 Å². The summed E-state index contributed by atoms with van der Waals surface area (Å²) < 4.78 is 65.0. The van der Waals surface area contributed by atoms with Gasteiger partial charge in [-0.25, -0.2) is 8.42 Å². The maximum Gasteiger partial charge on any atom is 0.573 e. The van der Waals surface area contributed by atoms with E-state index in [0.717, 1.165) is 18.4 Å². The Morgan fingerprint density at radius 1 is 1.15 bits per heavy atom. The monoisotopic (exact) mass is 596 g/mol. The number of hydrogen-bond donors (Lipinski definition) is 2. The molecule has 33 heavy (non-hydrogen) atoms. The molecule has 1 aliphatic carbocycles. The highest BCUT2D eigenvalue weighted by Gasteiger charge is 2.47. The van der Waals surface area contributed by atoms with Crippen LogP contribution in [0.2, 0.25) is 0 Å². The van der Waals surface area contributed by atoms with Crippen LogP contribution in [-0.4, -0.2) is 44.1 Å². The number of ether oxygens (including phenoxy) is 1. The van der Waals surface area contributed by atoms with E-state index in [1.807, 2.05) is 22.6 Å². The normalized spacial score (nSPS) is 15.0. The summed E-state index contributed by atoms with van der Waals surface area (Å²) in [7, 11) is -3.32. The average Bonchev–Trinajstić information content (AvgIpc) is 3.38. The average molecular weight is 596 g/mol. The summed E-state index contributed by atoms with van der Waals surface area (Å²) >= 11 is 1.91. The van der Waals surface area contributed by atoms with Crippen molar-refractivity contribution in [1.82, 2.24) is 5.32 Å². The molecule has 12 heteroatoms. The van der Waals surface area contributed by atoms with Crippen LogP contribution in [0.3, 0.4) is 0 Å². The van der Waals surface area contributed by atoms with Crippen LogP contribution in [0.15, 0.2) is 36.4 Å². The molecule has 0 atom stereocenters. The van der Waals surface area contributed by atoms with Crippen LogP contribution in [0.4, 0.5) is 18.9 Å². The van der Waals surface area contributed by atoms with Gasteiger partial charge in [0.25, 0.3) is 11.8 Å². The molecule has 0 aromatic heterocycles. The quantitative estimate of drug-likeness (QED) is 0.470. The maximum absolute atomic E-state index is 13.0. The highest BCUT2D eigenvalue weighted by atomic mass is 127. The molecule has 2 aromatic carbocycles. The topological polar surface area (TPSA) is 102 Å². The standard InChI is InChI=1S/C21H20F3IN2O5S/c1-12-10-13(32-21(22,23)24)6-7-16(12)26-18(28)14-4-3-5-15(25)17(14)19(29)27-20(8-9-20)11-33(2,30)31/h3-7,10H,8-9,11H2,1-2H3,(H,26,28)(H,27,29). The van der Waals surface area contributed by atoms with Crippen LogP contribution in [0.25, 0.3) is 0 Å². The molecule has 1 fully saturated rings. The number of sulfone groups is 1. The van der Waals surface area contributed by atoms with E-state index in [1.54, 1.807) is 12.1 Å². The number of carbonyl (C=O) groups excluding carboxylic acids is 2. The second-order valence-corrected chi connectivity index (χ2v) is 11.2. The van der Waals surface area contributed by atoms with Crippen molar-refractivity contribution in [3.05, 3.63) is 56.7 Å². The zero-order valence-corrected chi connectivity index (χ0v) is 20.5. The largest absolute Gasteiger partial charge is 0.573 e. The smallest absolute Gasteiger partial charge is 0.406 e. The lowest BCUT2D eigenvalue weighted by Gasteiger charge is -2.19. The minimum atomic E-state index is -4.84. The SMILES string of the molecule is Cc1cc(OC(F)(F)F)ccc1NC(=O)c1cccc(I)c1C(=O)NC1(CS(C)(=O)=O)CC1. The molecule has 0 aliphatic heterocycles. The molecule has 0 bridgehead atoms. The van der Waals surface area contributed by atoms with Crippen LogP contribution in [0.5, 0.6) is 5.75 Å². The zero-order chi connectivity index (χ0) is 24.6. The Labute approximate surface area is 202 Å². The molecule has 0 unspecified atom stereocenters. The Morgan fingerprint density at radius 3 is 2.36 bits per heavy atom. The number of aryl methyl sites for hydroxylation is 1. The van der Waals surface area contributed by atoms with Crippen molar-refractivity contribution in [1.29, 1.82) is 0 Å². The molecular weight excluding hydrogens is 576 g/mol. The first-order chi connectivity index (χ1) is 15.2. The fourth-order valence-electron chi connectivity index (χ4n) is 3.37. The summed E-state index contributed by atoms with van der Waals surface area (Å²) in [5.41, 5.74) is -0.140. The van der Waals surface area contributed by atoms with Crippen molar-refractivity contribution in [3.63, 3.8) is 0 Å². The van der Waals surface area contributed by atoms with Crippen LogP contribution >= 0.6 is 22.6 Å². The minimum absolute atomic E-state index is 0.0459. The van der Waals surface area contributed by atoms with Gasteiger partial charge in [-0.05, 0) is 78.3 Å². The van der Waals surface area contributed by atoms with Gasteiger partial charge in [0.15, 0.2) is 0 Å².